The number of anilines is 1. The Hall–Kier alpha value is -3.44. The van der Waals surface area contributed by atoms with Gasteiger partial charge in [0.05, 0.1) is 30.8 Å². The Morgan fingerprint density at radius 3 is 2.64 bits per heavy atom. The quantitative estimate of drug-likeness (QED) is 0.185. The van der Waals surface area contributed by atoms with Crippen molar-refractivity contribution in [2.45, 2.75) is 63.6 Å². The third-order valence-electron chi connectivity index (χ3n) is 5.76. The van der Waals surface area contributed by atoms with Gasteiger partial charge < -0.3 is 37.3 Å². The molecular formula is C25H38N6O5. The van der Waals surface area contributed by atoms with E-state index in [0.717, 1.165) is 35.2 Å². The Bertz CT molecular complexity index is 1020. The van der Waals surface area contributed by atoms with Gasteiger partial charge in [-0.05, 0) is 51.3 Å². The molecule has 0 bridgehead atoms. The summed E-state index contributed by atoms with van der Waals surface area (Å²) in [6, 6.07) is 5.58. The van der Waals surface area contributed by atoms with Crippen LogP contribution in [-0.4, -0.2) is 66.2 Å². The molecule has 2 rings (SSSR count). The number of hydrogen-bond donors (Lipinski definition) is 6. The van der Waals surface area contributed by atoms with Gasteiger partial charge in [0.25, 0.3) is 0 Å². The molecule has 3 atom stereocenters. The average molecular weight is 503 g/mol. The molecule has 2 amide bonds. The lowest BCUT2D eigenvalue weighted by molar-refractivity contribution is -0.143. The van der Waals surface area contributed by atoms with Crippen LogP contribution in [0.15, 0.2) is 30.5 Å². The molecule has 198 valence electrons. The largest absolute Gasteiger partial charge is 0.497 e. The first kappa shape index (κ1) is 28.8. The number of carboxylic acids is 1. The number of aliphatic carboxylic acids is 1. The van der Waals surface area contributed by atoms with Gasteiger partial charge in [-0.3, -0.25) is 14.6 Å². The molecule has 36 heavy (non-hydrogen) atoms. The van der Waals surface area contributed by atoms with Crippen LogP contribution in [0, 0.1) is 0 Å². The van der Waals surface area contributed by atoms with Gasteiger partial charge >= 0.3 is 5.97 Å². The molecule has 0 radical (unpaired) electrons. The van der Waals surface area contributed by atoms with Crippen molar-refractivity contribution in [3.05, 3.63) is 30.5 Å². The second-order valence-corrected chi connectivity index (χ2v) is 8.78. The summed E-state index contributed by atoms with van der Waals surface area (Å²) >= 11 is 0. The monoisotopic (exact) mass is 502 g/mol. The third-order valence-corrected chi connectivity index (χ3v) is 5.76. The zero-order valence-corrected chi connectivity index (χ0v) is 21.0. The van der Waals surface area contributed by atoms with E-state index < -0.39 is 29.9 Å². The van der Waals surface area contributed by atoms with Gasteiger partial charge in [-0.1, -0.05) is 12.5 Å². The molecule has 0 saturated heterocycles. The molecular weight excluding hydrogens is 464 g/mol. The fraction of sp³-hybridized carbons (Fsp3) is 0.520. The Kier molecular flexibility index (Phi) is 11.9. The summed E-state index contributed by atoms with van der Waals surface area (Å²) in [7, 11) is 1.62. The molecule has 11 nitrogen and oxygen atoms in total. The molecule has 0 saturated carbocycles. The molecule has 0 aliphatic heterocycles. The first-order valence-electron chi connectivity index (χ1n) is 12.2. The predicted molar refractivity (Wildman–Crippen MR) is 139 cm³/mol. The summed E-state index contributed by atoms with van der Waals surface area (Å²) in [6.45, 7) is 2.90. The smallest absolute Gasteiger partial charge is 0.326 e. The SMILES string of the molecule is COc1cc(NC(C)CCCNC(=O)C[C@@H](NC(=O)[C@@H](N)CCCCN)C(=O)O)c2ncccc2c1. The van der Waals surface area contributed by atoms with E-state index in [4.69, 9.17) is 16.2 Å². The Morgan fingerprint density at radius 1 is 1.17 bits per heavy atom. The first-order valence-corrected chi connectivity index (χ1v) is 12.2. The summed E-state index contributed by atoms with van der Waals surface area (Å²) in [5, 5.41) is 18.9. The number of pyridine rings is 1. The highest BCUT2D eigenvalue weighted by Crippen LogP contribution is 2.28. The van der Waals surface area contributed by atoms with Crippen LogP contribution >= 0.6 is 0 Å². The van der Waals surface area contributed by atoms with E-state index in [-0.39, 0.29) is 12.5 Å². The summed E-state index contributed by atoms with van der Waals surface area (Å²) in [4.78, 5) is 40.4. The highest BCUT2D eigenvalue weighted by atomic mass is 16.5. The summed E-state index contributed by atoms with van der Waals surface area (Å²) in [6.07, 6.45) is 4.59. The van der Waals surface area contributed by atoms with Crippen LogP contribution in [-0.2, 0) is 14.4 Å². The van der Waals surface area contributed by atoms with Gasteiger partial charge in [0.2, 0.25) is 11.8 Å². The number of fused-ring (bicyclic) bond motifs is 1. The summed E-state index contributed by atoms with van der Waals surface area (Å²) < 4.78 is 5.38. The number of carbonyl (C=O) groups is 3. The van der Waals surface area contributed by atoms with Crippen LogP contribution < -0.4 is 32.2 Å². The van der Waals surface area contributed by atoms with Gasteiger partial charge in [-0.2, -0.15) is 0 Å². The van der Waals surface area contributed by atoms with Gasteiger partial charge in [0, 0.05) is 30.2 Å². The van der Waals surface area contributed by atoms with Crippen molar-refractivity contribution in [3.63, 3.8) is 0 Å². The number of nitrogens with two attached hydrogens (primary N) is 2. The zero-order chi connectivity index (χ0) is 26.5. The molecule has 0 aliphatic carbocycles. The van der Waals surface area contributed by atoms with E-state index in [9.17, 15) is 19.5 Å². The van der Waals surface area contributed by atoms with Crippen LogP contribution in [0.2, 0.25) is 0 Å². The first-order chi connectivity index (χ1) is 17.2. The Morgan fingerprint density at radius 2 is 1.94 bits per heavy atom. The maximum Gasteiger partial charge on any atom is 0.326 e. The number of nitrogens with zero attached hydrogens (tertiary/aromatic N) is 1. The number of rotatable bonds is 16. The number of hydrogen-bond acceptors (Lipinski definition) is 8. The molecule has 1 heterocycles. The van der Waals surface area contributed by atoms with Crippen molar-refractivity contribution in [1.82, 2.24) is 15.6 Å². The van der Waals surface area contributed by atoms with Crippen molar-refractivity contribution in [1.29, 1.82) is 0 Å². The second kappa shape index (κ2) is 14.8. The van der Waals surface area contributed by atoms with Crippen LogP contribution in [0.3, 0.4) is 0 Å². The van der Waals surface area contributed by atoms with Crippen molar-refractivity contribution in [2.24, 2.45) is 11.5 Å². The van der Waals surface area contributed by atoms with Gasteiger partial charge in [0.1, 0.15) is 11.8 Å². The van der Waals surface area contributed by atoms with Crippen molar-refractivity contribution < 1.29 is 24.2 Å². The fourth-order valence-corrected chi connectivity index (χ4v) is 3.74. The predicted octanol–water partition coefficient (Wildman–Crippen LogP) is 1.36. The molecule has 0 fully saturated rings. The highest BCUT2D eigenvalue weighted by molar-refractivity contribution is 5.92. The second-order valence-electron chi connectivity index (χ2n) is 8.78. The number of nitrogens with one attached hydrogen (secondary N) is 3. The molecule has 1 aromatic carbocycles. The van der Waals surface area contributed by atoms with E-state index >= 15 is 0 Å². The van der Waals surface area contributed by atoms with Gasteiger partial charge in [-0.25, -0.2) is 4.79 Å². The fourth-order valence-electron chi connectivity index (χ4n) is 3.74. The number of benzene rings is 1. The number of carboxylic acid groups (broad SMARTS) is 1. The standard InChI is InChI=1S/C25H38N6O5/c1-16(30-20-14-18(36-2)13-17-8-6-12-29-23(17)20)7-5-11-28-22(32)15-21(25(34)35)31-24(33)19(27)9-3-4-10-26/h6,8,12-14,16,19,21,30H,3-5,7,9-11,15,26-27H2,1-2H3,(H,28,32)(H,31,33)(H,34,35)/t16?,19-,21+/m0/s1. The van der Waals surface area contributed by atoms with E-state index in [1.54, 1.807) is 13.3 Å². The number of amides is 2. The maximum atomic E-state index is 12.3. The molecule has 2 aromatic rings. The number of aromatic nitrogens is 1. The van der Waals surface area contributed by atoms with Crippen molar-refractivity contribution in [2.75, 3.05) is 25.5 Å². The van der Waals surface area contributed by atoms with E-state index in [1.165, 1.54) is 0 Å². The summed E-state index contributed by atoms with van der Waals surface area (Å²) in [5.74, 6) is -1.60. The van der Waals surface area contributed by atoms with Gasteiger partial charge in [-0.15, -0.1) is 0 Å². The minimum atomic E-state index is -1.34. The molecule has 8 N–H and O–H groups in total. The Balaban J connectivity index is 1.78. The lowest BCUT2D eigenvalue weighted by Crippen LogP contribution is -2.50. The van der Waals surface area contributed by atoms with E-state index in [1.807, 2.05) is 31.2 Å². The van der Waals surface area contributed by atoms with Crippen LogP contribution in [0.4, 0.5) is 5.69 Å². The molecule has 0 aliphatic rings. The number of ether oxygens (including phenoxy) is 1. The zero-order valence-electron chi connectivity index (χ0n) is 21.0. The average Bonchev–Trinajstić information content (AvgIpc) is 2.86. The van der Waals surface area contributed by atoms with Gasteiger partial charge in [0.15, 0.2) is 0 Å². The van der Waals surface area contributed by atoms with E-state index in [0.29, 0.717) is 32.4 Å². The highest BCUT2D eigenvalue weighted by Gasteiger charge is 2.25. The molecule has 1 unspecified atom stereocenters. The molecule has 11 heteroatoms. The van der Waals surface area contributed by atoms with Crippen molar-refractivity contribution >= 4 is 34.4 Å². The Labute approximate surface area is 211 Å². The molecule has 0 spiro atoms. The summed E-state index contributed by atoms with van der Waals surface area (Å²) in [5.41, 5.74) is 12.9. The lowest BCUT2D eigenvalue weighted by Gasteiger charge is -2.19. The normalized spacial score (nSPS) is 13.4. The number of unbranched alkanes of at least 4 members (excludes halogenated alkanes) is 1. The number of carbonyl (C=O) groups excluding carboxylic acids is 2. The molecule has 1 aromatic heterocycles. The maximum absolute atomic E-state index is 12.3. The minimum absolute atomic E-state index is 0.0889. The van der Waals surface area contributed by atoms with Crippen LogP contribution in [0.25, 0.3) is 10.9 Å². The van der Waals surface area contributed by atoms with Crippen LogP contribution in [0.1, 0.15) is 45.4 Å². The van der Waals surface area contributed by atoms with Crippen LogP contribution in [0.5, 0.6) is 5.75 Å². The third kappa shape index (κ3) is 9.31. The topological polar surface area (TPSA) is 182 Å². The minimum Gasteiger partial charge on any atom is -0.497 e. The van der Waals surface area contributed by atoms with E-state index in [2.05, 4.69) is 20.9 Å². The lowest BCUT2D eigenvalue weighted by atomic mass is 10.1. The van der Waals surface area contributed by atoms with Crippen molar-refractivity contribution in [3.8, 4) is 5.75 Å². The number of methoxy groups -OCH3 is 1.